The molecule has 0 fully saturated rings. The largest absolute Gasteiger partial charge is 0.462 e. The van der Waals surface area contributed by atoms with E-state index in [1.807, 2.05) is 0 Å². The predicted molar refractivity (Wildman–Crippen MR) is 238 cm³/mol. The Bertz CT molecular complexity index is 1040. The summed E-state index contributed by atoms with van der Waals surface area (Å²) >= 11 is 0. The van der Waals surface area contributed by atoms with Crippen LogP contribution in [0.2, 0.25) is 0 Å². The molecule has 0 radical (unpaired) electrons. The van der Waals surface area contributed by atoms with E-state index in [4.69, 9.17) is 14.2 Å². The molecule has 322 valence electrons. The molecule has 0 spiro atoms. The molecule has 0 saturated heterocycles. The maximum absolute atomic E-state index is 12.7. The van der Waals surface area contributed by atoms with Crippen molar-refractivity contribution in [1.82, 2.24) is 0 Å². The van der Waals surface area contributed by atoms with Gasteiger partial charge in [0.2, 0.25) is 0 Å². The molecule has 56 heavy (non-hydrogen) atoms. The highest BCUT2D eigenvalue weighted by Gasteiger charge is 2.19. The summed E-state index contributed by atoms with van der Waals surface area (Å²) in [5, 5.41) is 0. The Morgan fingerprint density at radius 1 is 0.375 bits per heavy atom. The summed E-state index contributed by atoms with van der Waals surface area (Å²) in [6.45, 7) is 6.43. The Labute approximate surface area is 345 Å². The molecule has 0 aliphatic rings. The van der Waals surface area contributed by atoms with Gasteiger partial charge in [0.1, 0.15) is 13.2 Å². The number of hydrogen-bond acceptors (Lipinski definition) is 6. The summed E-state index contributed by atoms with van der Waals surface area (Å²) in [6.07, 6.45) is 53.4. The Morgan fingerprint density at radius 2 is 0.714 bits per heavy atom. The van der Waals surface area contributed by atoms with Crippen LogP contribution >= 0.6 is 0 Å². The van der Waals surface area contributed by atoms with Gasteiger partial charge in [0, 0.05) is 19.3 Å². The number of allylic oxidation sites excluding steroid dienone is 10. The molecule has 0 bridgehead atoms. The lowest BCUT2D eigenvalue weighted by molar-refractivity contribution is -0.167. The van der Waals surface area contributed by atoms with E-state index in [2.05, 4.69) is 81.5 Å². The van der Waals surface area contributed by atoms with Gasteiger partial charge >= 0.3 is 17.9 Å². The number of ether oxygens (including phenoxy) is 3. The van der Waals surface area contributed by atoms with Crippen molar-refractivity contribution in [1.29, 1.82) is 0 Å². The van der Waals surface area contributed by atoms with Gasteiger partial charge in [-0.05, 0) is 77.0 Å². The second-order valence-corrected chi connectivity index (χ2v) is 15.3. The van der Waals surface area contributed by atoms with Gasteiger partial charge in [-0.2, -0.15) is 0 Å². The molecule has 0 aromatic carbocycles. The standard InChI is InChI=1S/C50H86O6/c1-4-7-10-13-16-19-22-24-25-26-29-32-35-38-41-44-50(53)56-47(45-54-48(51)42-39-36-33-30-27-21-18-15-12-9-6-3)46-55-49(52)43-40-37-34-31-28-23-20-17-14-11-8-5-2/h7,10,15-16,18-19,24-25,29,32,47H,4-6,8-9,11-14,17,20-23,26-28,30-31,33-46H2,1-3H3/b10-7-,18-15-,19-16-,25-24-,32-29-/t47-/m1/s1. The van der Waals surface area contributed by atoms with E-state index < -0.39 is 6.10 Å². The molecule has 0 rings (SSSR count). The zero-order valence-electron chi connectivity index (χ0n) is 36.6. The summed E-state index contributed by atoms with van der Waals surface area (Å²) in [5.74, 6) is -0.946. The average Bonchev–Trinajstić information content (AvgIpc) is 3.19. The van der Waals surface area contributed by atoms with Crippen LogP contribution in [0.5, 0.6) is 0 Å². The van der Waals surface area contributed by atoms with E-state index in [1.54, 1.807) is 0 Å². The van der Waals surface area contributed by atoms with Crippen LogP contribution in [0.3, 0.4) is 0 Å². The summed E-state index contributed by atoms with van der Waals surface area (Å²) in [7, 11) is 0. The number of hydrogen-bond donors (Lipinski definition) is 0. The fraction of sp³-hybridized carbons (Fsp3) is 0.740. The first-order valence-corrected chi connectivity index (χ1v) is 23.3. The lowest BCUT2D eigenvalue weighted by Gasteiger charge is -2.18. The Morgan fingerprint density at radius 3 is 1.20 bits per heavy atom. The molecular weight excluding hydrogens is 697 g/mol. The van der Waals surface area contributed by atoms with E-state index in [0.29, 0.717) is 19.3 Å². The number of esters is 3. The summed E-state index contributed by atoms with van der Waals surface area (Å²) in [4.78, 5) is 37.7. The van der Waals surface area contributed by atoms with Crippen LogP contribution < -0.4 is 0 Å². The number of unbranched alkanes of at least 4 members (excludes halogenated alkanes) is 20. The van der Waals surface area contributed by atoms with Gasteiger partial charge in [0.25, 0.3) is 0 Å². The molecular formula is C50H86O6. The van der Waals surface area contributed by atoms with Gasteiger partial charge in [0.15, 0.2) is 6.10 Å². The quantitative estimate of drug-likeness (QED) is 0.0266. The fourth-order valence-corrected chi connectivity index (χ4v) is 6.24. The maximum atomic E-state index is 12.7. The van der Waals surface area contributed by atoms with Gasteiger partial charge in [-0.1, -0.05) is 184 Å². The first-order chi connectivity index (χ1) is 27.5. The Hall–Kier alpha value is -2.89. The van der Waals surface area contributed by atoms with Crippen LogP contribution in [0, 0.1) is 0 Å². The molecule has 0 unspecified atom stereocenters. The van der Waals surface area contributed by atoms with Crippen molar-refractivity contribution < 1.29 is 28.6 Å². The molecule has 6 nitrogen and oxygen atoms in total. The van der Waals surface area contributed by atoms with E-state index >= 15 is 0 Å². The van der Waals surface area contributed by atoms with Crippen molar-refractivity contribution in [2.75, 3.05) is 13.2 Å². The zero-order valence-corrected chi connectivity index (χ0v) is 36.6. The second-order valence-electron chi connectivity index (χ2n) is 15.3. The number of rotatable bonds is 41. The van der Waals surface area contributed by atoms with Crippen molar-refractivity contribution in [3.8, 4) is 0 Å². The molecule has 0 N–H and O–H groups in total. The topological polar surface area (TPSA) is 78.9 Å². The lowest BCUT2D eigenvalue weighted by Crippen LogP contribution is -2.30. The molecule has 0 aromatic heterocycles. The van der Waals surface area contributed by atoms with Gasteiger partial charge in [-0.15, -0.1) is 0 Å². The normalized spacial score (nSPS) is 12.6. The van der Waals surface area contributed by atoms with Crippen LogP contribution in [-0.2, 0) is 28.6 Å². The van der Waals surface area contributed by atoms with Crippen molar-refractivity contribution >= 4 is 17.9 Å². The van der Waals surface area contributed by atoms with Crippen LogP contribution in [0.25, 0.3) is 0 Å². The van der Waals surface area contributed by atoms with Gasteiger partial charge in [-0.25, -0.2) is 0 Å². The van der Waals surface area contributed by atoms with Crippen LogP contribution in [-0.4, -0.2) is 37.2 Å². The smallest absolute Gasteiger partial charge is 0.306 e. The van der Waals surface area contributed by atoms with E-state index in [9.17, 15) is 14.4 Å². The molecule has 0 aliphatic carbocycles. The highest BCUT2D eigenvalue weighted by atomic mass is 16.6. The van der Waals surface area contributed by atoms with Gasteiger partial charge < -0.3 is 14.2 Å². The van der Waals surface area contributed by atoms with Crippen LogP contribution in [0.1, 0.15) is 220 Å². The summed E-state index contributed by atoms with van der Waals surface area (Å²) < 4.78 is 16.7. The molecule has 0 aromatic rings. The van der Waals surface area contributed by atoms with E-state index in [0.717, 1.165) is 83.5 Å². The first kappa shape index (κ1) is 53.1. The zero-order chi connectivity index (χ0) is 40.8. The highest BCUT2D eigenvalue weighted by molar-refractivity contribution is 5.71. The summed E-state index contributed by atoms with van der Waals surface area (Å²) in [5.41, 5.74) is 0. The van der Waals surface area contributed by atoms with Crippen LogP contribution in [0.15, 0.2) is 60.8 Å². The molecule has 6 heteroatoms. The monoisotopic (exact) mass is 783 g/mol. The Kier molecular flexibility index (Phi) is 42.5. The lowest BCUT2D eigenvalue weighted by atomic mass is 10.0. The number of carbonyl (C=O) groups excluding carboxylic acids is 3. The minimum absolute atomic E-state index is 0.0923. The first-order valence-electron chi connectivity index (χ1n) is 23.3. The molecule has 0 heterocycles. The van der Waals surface area contributed by atoms with Crippen molar-refractivity contribution in [2.45, 2.75) is 226 Å². The average molecular weight is 783 g/mol. The highest BCUT2D eigenvalue weighted by Crippen LogP contribution is 2.14. The molecule has 1 atom stereocenters. The second kappa shape index (κ2) is 44.8. The van der Waals surface area contributed by atoms with Crippen molar-refractivity contribution in [2.24, 2.45) is 0 Å². The Balaban J connectivity index is 4.46. The van der Waals surface area contributed by atoms with Crippen LogP contribution in [0.4, 0.5) is 0 Å². The third-order valence-electron chi connectivity index (χ3n) is 9.76. The van der Waals surface area contributed by atoms with Gasteiger partial charge in [-0.3, -0.25) is 14.4 Å². The van der Waals surface area contributed by atoms with Crippen molar-refractivity contribution in [3.05, 3.63) is 60.8 Å². The van der Waals surface area contributed by atoms with E-state index in [1.165, 1.54) is 89.9 Å². The van der Waals surface area contributed by atoms with E-state index in [-0.39, 0.29) is 37.5 Å². The third kappa shape index (κ3) is 42.3. The molecule has 0 saturated carbocycles. The minimum Gasteiger partial charge on any atom is -0.462 e. The molecule has 0 aliphatic heterocycles. The fourth-order valence-electron chi connectivity index (χ4n) is 6.24. The summed E-state index contributed by atoms with van der Waals surface area (Å²) in [6, 6.07) is 0. The molecule has 0 amide bonds. The maximum Gasteiger partial charge on any atom is 0.306 e. The SMILES string of the molecule is CC/C=C\C/C=C\C/C=C\C/C=C\CCCCC(=O)O[C@H](COC(=O)CCCCCCC/C=C\CCCC)COC(=O)CCCCCCCCCCCCCC. The van der Waals surface area contributed by atoms with Crippen molar-refractivity contribution in [3.63, 3.8) is 0 Å². The third-order valence-corrected chi connectivity index (χ3v) is 9.76. The number of carbonyl (C=O) groups is 3. The predicted octanol–water partition coefficient (Wildman–Crippen LogP) is 14.9. The van der Waals surface area contributed by atoms with Gasteiger partial charge in [0.05, 0.1) is 0 Å². The minimum atomic E-state index is -0.794.